The first-order valence-corrected chi connectivity index (χ1v) is 8.42. The maximum absolute atomic E-state index is 12.8. The fourth-order valence-electron chi connectivity index (χ4n) is 2.92. The summed E-state index contributed by atoms with van der Waals surface area (Å²) in [6.07, 6.45) is 2.53. The fraction of sp³-hybridized carbons (Fsp3) is 0.412. The number of aromatic nitrogens is 2. The van der Waals surface area contributed by atoms with Crippen molar-refractivity contribution in [2.45, 2.75) is 44.8 Å². The van der Waals surface area contributed by atoms with Gasteiger partial charge in [0.25, 0.3) is 0 Å². The number of amides is 1. The molecule has 1 aliphatic rings. The number of nitrogens with one attached hydrogen (secondary N) is 1. The van der Waals surface area contributed by atoms with Crippen LogP contribution in [0.2, 0.25) is 5.02 Å². The van der Waals surface area contributed by atoms with E-state index in [-0.39, 0.29) is 17.3 Å². The molecule has 4 nitrogen and oxygen atoms in total. The lowest BCUT2D eigenvalue weighted by Crippen LogP contribution is -2.20. The lowest BCUT2D eigenvalue weighted by molar-refractivity contribution is -0.137. The molecule has 0 spiro atoms. The van der Waals surface area contributed by atoms with E-state index in [9.17, 15) is 18.0 Å². The van der Waals surface area contributed by atoms with Crippen molar-refractivity contribution in [3.05, 3.63) is 46.2 Å². The number of aryl methyl sites for hydroxylation is 2. The highest BCUT2D eigenvalue weighted by molar-refractivity contribution is 6.33. The summed E-state index contributed by atoms with van der Waals surface area (Å²) in [6, 6.07) is 2.83. The van der Waals surface area contributed by atoms with Crippen LogP contribution in [-0.4, -0.2) is 15.7 Å². The van der Waals surface area contributed by atoms with Crippen molar-refractivity contribution < 1.29 is 18.0 Å². The zero-order valence-corrected chi connectivity index (χ0v) is 14.1. The number of benzene rings is 1. The molecule has 1 amide bonds. The number of fused-ring (bicyclic) bond motifs is 1. The average molecular weight is 372 g/mol. The normalized spacial score (nSPS) is 14.7. The van der Waals surface area contributed by atoms with Crippen LogP contribution in [0.15, 0.2) is 24.4 Å². The van der Waals surface area contributed by atoms with Gasteiger partial charge in [0.05, 0.1) is 22.0 Å². The Labute approximate surface area is 148 Å². The standard InChI is InChI=1S/C17H17ClF3N3O/c18-13-7-6-12(17(19,20)21)8-15(13)22-16(25)10-24-9-11-4-2-1-3-5-14(11)23-24/h6-9H,1-5,10H2,(H,22,25). The van der Waals surface area contributed by atoms with E-state index in [0.29, 0.717) is 0 Å². The second-order valence-electron chi connectivity index (χ2n) is 6.10. The van der Waals surface area contributed by atoms with E-state index in [2.05, 4.69) is 10.4 Å². The molecular formula is C17H17ClF3N3O. The topological polar surface area (TPSA) is 46.9 Å². The predicted octanol–water partition coefficient (Wildman–Crippen LogP) is 4.46. The maximum Gasteiger partial charge on any atom is 0.416 e. The first kappa shape index (κ1) is 17.8. The minimum atomic E-state index is -4.50. The third-order valence-corrected chi connectivity index (χ3v) is 4.49. The summed E-state index contributed by atoms with van der Waals surface area (Å²) in [7, 11) is 0. The highest BCUT2D eigenvalue weighted by Gasteiger charge is 2.31. The van der Waals surface area contributed by atoms with Crippen LogP contribution >= 0.6 is 11.6 Å². The van der Waals surface area contributed by atoms with Crippen molar-refractivity contribution in [2.24, 2.45) is 0 Å². The van der Waals surface area contributed by atoms with Crippen LogP contribution in [-0.2, 0) is 30.4 Å². The Bertz CT molecular complexity index is 762. The third-order valence-electron chi connectivity index (χ3n) is 4.16. The summed E-state index contributed by atoms with van der Waals surface area (Å²) < 4.78 is 39.9. The second-order valence-corrected chi connectivity index (χ2v) is 6.51. The van der Waals surface area contributed by atoms with E-state index >= 15 is 0 Å². The molecule has 1 heterocycles. The molecule has 0 radical (unpaired) electrons. The van der Waals surface area contributed by atoms with Gasteiger partial charge in [0.15, 0.2) is 0 Å². The number of nitrogens with zero attached hydrogens (tertiary/aromatic N) is 2. The molecule has 25 heavy (non-hydrogen) atoms. The van der Waals surface area contributed by atoms with Crippen LogP contribution in [0.5, 0.6) is 0 Å². The van der Waals surface area contributed by atoms with E-state index in [1.54, 1.807) is 0 Å². The Balaban J connectivity index is 1.71. The zero-order chi connectivity index (χ0) is 18.0. The van der Waals surface area contributed by atoms with Crippen molar-refractivity contribution in [1.82, 2.24) is 9.78 Å². The molecule has 0 saturated carbocycles. The minimum Gasteiger partial charge on any atom is -0.323 e. The summed E-state index contributed by atoms with van der Waals surface area (Å²) in [5.41, 5.74) is 1.22. The van der Waals surface area contributed by atoms with Crippen molar-refractivity contribution in [3.63, 3.8) is 0 Å². The Hall–Kier alpha value is -2.02. The molecule has 1 aliphatic carbocycles. The highest BCUT2D eigenvalue weighted by Crippen LogP contribution is 2.33. The molecule has 1 aromatic heterocycles. The van der Waals surface area contributed by atoms with E-state index in [1.165, 1.54) is 11.1 Å². The number of halogens is 4. The minimum absolute atomic E-state index is 0.0533. The number of hydrogen-bond donors (Lipinski definition) is 1. The molecule has 0 unspecified atom stereocenters. The van der Waals surface area contributed by atoms with Crippen LogP contribution in [0.4, 0.5) is 18.9 Å². The molecule has 2 aromatic rings. The van der Waals surface area contributed by atoms with Crippen LogP contribution in [0, 0.1) is 0 Å². The third kappa shape index (κ3) is 4.34. The largest absolute Gasteiger partial charge is 0.416 e. The number of carbonyl (C=O) groups is 1. The lowest BCUT2D eigenvalue weighted by Gasteiger charge is -2.11. The average Bonchev–Trinajstić information content (AvgIpc) is 2.76. The molecule has 3 rings (SSSR count). The molecule has 0 saturated heterocycles. The maximum atomic E-state index is 12.8. The van der Waals surface area contributed by atoms with Gasteiger partial charge in [-0.1, -0.05) is 18.0 Å². The van der Waals surface area contributed by atoms with E-state index < -0.39 is 17.6 Å². The molecule has 0 fully saturated rings. The molecule has 134 valence electrons. The van der Waals surface area contributed by atoms with E-state index in [1.807, 2.05) is 6.20 Å². The Morgan fingerprint density at radius 2 is 2.00 bits per heavy atom. The lowest BCUT2D eigenvalue weighted by atomic mass is 10.1. The van der Waals surface area contributed by atoms with E-state index in [4.69, 9.17) is 11.6 Å². The van der Waals surface area contributed by atoms with Gasteiger partial charge in [0.1, 0.15) is 6.54 Å². The predicted molar refractivity (Wildman–Crippen MR) is 88.6 cm³/mol. The van der Waals surface area contributed by atoms with E-state index in [0.717, 1.165) is 55.1 Å². The summed E-state index contributed by atoms with van der Waals surface area (Å²) >= 11 is 5.89. The Kier molecular flexibility index (Phi) is 5.03. The Morgan fingerprint density at radius 1 is 1.24 bits per heavy atom. The molecule has 0 atom stereocenters. The van der Waals surface area contributed by atoms with Gasteiger partial charge in [0.2, 0.25) is 5.91 Å². The van der Waals surface area contributed by atoms with Crippen LogP contribution in [0.25, 0.3) is 0 Å². The SMILES string of the molecule is O=C(Cn1cc2c(n1)CCCCC2)Nc1cc(C(F)(F)F)ccc1Cl. The number of carbonyl (C=O) groups excluding carboxylic acids is 1. The molecule has 1 N–H and O–H groups in total. The molecule has 0 aliphatic heterocycles. The van der Waals surface area contributed by atoms with Crippen molar-refractivity contribution in [1.29, 1.82) is 0 Å². The van der Waals surface area contributed by atoms with Gasteiger partial charge in [-0.3, -0.25) is 9.48 Å². The van der Waals surface area contributed by atoms with Crippen LogP contribution in [0.1, 0.15) is 36.1 Å². The summed E-state index contributed by atoms with van der Waals surface area (Å²) in [5, 5.41) is 6.90. The number of rotatable bonds is 3. The number of hydrogen-bond acceptors (Lipinski definition) is 2. The molecule has 0 bridgehead atoms. The van der Waals surface area contributed by atoms with Gasteiger partial charge in [-0.15, -0.1) is 0 Å². The molecular weight excluding hydrogens is 355 g/mol. The van der Waals surface area contributed by atoms with Gasteiger partial charge >= 0.3 is 6.18 Å². The zero-order valence-electron chi connectivity index (χ0n) is 13.4. The second kappa shape index (κ2) is 7.07. The van der Waals surface area contributed by atoms with Crippen LogP contribution < -0.4 is 5.32 Å². The van der Waals surface area contributed by atoms with Crippen molar-refractivity contribution in [2.75, 3.05) is 5.32 Å². The van der Waals surface area contributed by atoms with Gasteiger partial charge in [-0.05, 0) is 49.4 Å². The summed E-state index contributed by atoms with van der Waals surface area (Å²) in [5.74, 6) is -0.473. The summed E-state index contributed by atoms with van der Waals surface area (Å²) in [6.45, 7) is -0.0699. The quantitative estimate of drug-likeness (QED) is 0.809. The van der Waals surface area contributed by atoms with Gasteiger partial charge in [-0.25, -0.2) is 0 Å². The smallest absolute Gasteiger partial charge is 0.323 e. The van der Waals surface area contributed by atoms with Gasteiger partial charge in [-0.2, -0.15) is 18.3 Å². The first-order valence-electron chi connectivity index (χ1n) is 8.05. The fourth-order valence-corrected chi connectivity index (χ4v) is 3.09. The molecule has 1 aromatic carbocycles. The monoisotopic (exact) mass is 371 g/mol. The van der Waals surface area contributed by atoms with Gasteiger partial charge in [0, 0.05) is 6.20 Å². The van der Waals surface area contributed by atoms with Crippen LogP contribution in [0.3, 0.4) is 0 Å². The van der Waals surface area contributed by atoms with Gasteiger partial charge < -0.3 is 5.32 Å². The first-order chi connectivity index (χ1) is 11.8. The summed E-state index contributed by atoms with van der Waals surface area (Å²) in [4.78, 5) is 12.2. The highest BCUT2D eigenvalue weighted by atomic mass is 35.5. The number of alkyl halides is 3. The van der Waals surface area contributed by atoms with Crippen molar-refractivity contribution >= 4 is 23.2 Å². The Morgan fingerprint density at radius 3 is 2.76 bits per heavy atom. The van der Waals surface area contributed by atoms with Crippen molar-refractivity contribution in [3.8, 4) is 0 Å². The number of anilines is 1. The molecule has 8 heteroatoms.